The van der Waals surface area contributed by atoms with Gasteiger partial charge in [-0.25, -0.2) is 0 Å². The Morgan fingerprint density at radius 1 is 1.67 bits per heavy atom. The highest BCUT2D eigenvalue weighted by Gasteiger charge is 1.91. The Balaban J connectivity index is 3.01. The van der Waals surface area contributed by atoms with Crippen LogP contribution in [0.5, 0.6) is 0 Å². The zero-order valence-corrected chi connectivity index (χ0v) is 7.89. The van der Waals surface area contributed by atoms with Crippen LogP contribution in [0.1, 0.15) is 12.6 Å². The molecule has 0 aliphatic heterocycles. The van der Waals surface area contributed by atoms with E-state index in [0.717, 1.165) is 16.7 Å². The molecule has 0 aliphatic rings. The first-order chi connectivity index (χ1) is 4.34. The fourth-order valence-electron chi connectivity index (χ4n) is 0.889. The molecule has 0 atom stereocenters. The Kier molecular flexibility index (Phi) is 2.00. The number of aryl methyl sites for hydroxylation is 1. The molecule has 0 saturated heterocycles. The fraction of sp³-hybridized carbons (Fsp3) is 0.286. The molecule has 2 heteroatoms. The molecule has 1 aromatic rings. The van der Waals surface area contributed by atoms with E-state index in [1.54, 1.807) is 0 Å². The molecule has 0 aliphatic carbocycles. The number of aromatic nitrogens is 1. The molecule has 0 amide bonds. The Hall–Kier alpha value is -0.633. The van der Waals surface area contributed by atoms with E-state index in [2.05, 4.69) is 18.0 Å². The van der Waals surface area contributed by atoms with Crippen molar-refractivity contribution >= 4 is 15.4 Å². The topological polar surface area (TPSA) is 12.9 Å². The zero-order valence-electron chi connectivity index (χ0n) is 5.89. The lowest BCUT2D eigenvalue weighted by Crippen LogP contribution is -2.10. The average molecular weight is 137 g/mol. The molecule has 1 aromatic heterocycles. The number of pyridine rings is 1. The summed E-state index contributed by atoms with van der Waals surface area (Å²) in [5.74, 6) is 0. The van der Waals surface area contributed by atoms with Crippen LogP contribution in [-0.4, -0.2) is 15.2 Å². The van der Waals surface area contributed by atoms with E-state index in [9.17, 15) is 0 Å². The Morgan fingerprint density at radius 3 is 2.89 bits per heavy atom. The summed E-state index contributed by atoms with van der Waals surface area (Å²) in [6, 6.07) is 4.15. The summed E-state index contributed by atoms with van der Waals surface area (Å²) in [5, 5.41) is 1.43. The molecule has 0 N–H and O–H groups in total. The van der Waals surface area contributed by atoms with Gasteiger partial charge in [0.1, 0.15) is 0 Å². The van der Waals surface area contributed by atoms with Gasteiger partial charge < -0.3 is 0 Å². The zero-order chi connectivity index (χ0) is 6.69. The quantitative estimate of drug-likeness (QED) is 0.482. The van der Waals surface area contributed by atoms with Gasteiger partial charge in [0.05, 0.1) is 0 Å². The van der Waals surface area contributed by atoms with Gasteiger partial charge >= 0.3 is 0 Å². The maximum absolute atomic E-state index is 4.23. The van der Waals surface area contributed by atoms with Crippen LogP contribution >= 0.6 is 0 Å². The fourth-order valence-corrected chi connectivity index (χ4v) is 1.56. The molecule has 0 radical (unpaired) electrons. The molecule has 1 rings (SSSR count). The van der Waals surface area contributed by atoms with Crippen molar-refractivity contribution in [2.24, 2.45) is 0 Å². The van der Waals surface area contributed by atoms with Crippen LogP contribution in [0, 0.1) is 0 Å². The van der Waals surface area contributed by atoms with E-state index in [0.29, 0.717) is 0 Å². The predicted octanol–water partition coefficient (Wildman–Crippen LogP) is -0.365. The summed E-state index contributed by atoms with van der Waals surface area (Å²) in [4.78, 5) is 4.23. The van der Waals surface area contributed by atoms with Crippen molar-refractivity contribution in [2.45, 2.75) is 13.3 Å². The Morgan fingerprint density at radius 2 is 2.44 bits per heavy atom. The highest BCUT2D eigenvalue weighted by Crippen LogP contribution is 1.87. The molecular weight excluding hydrogens is 126 g/mol. The van der Waals surface area contributed by atoms with Crippen molar-refractivity contribution < 1.29 is 0 Å². The second-order valence-electron chi connectivity index (χ2n) is 2.12. The molecular formula is C7H11NSi. The maximum atomic E-state index is 4.23. The molecule has 0 bridgehead atoms. The van der Waals surface area contributed by atoms with Crippen LogP contribution in [0.25, 0.3) is 0 Å². The summed E-state index contributed by atoms with van der Waals surface area (Å²) in [6.07, 6.45) is 2.93. The van der Waals surface area contributed by atoms with Gasteiger partial charge in [0.2, 0.25) is 0 Å². The van der Waals surface area contributed by atoms with E-state index in [-0.39, 0.29) is 0 Å². The smallest absolute Gasteiger partial charge is 0.0408 e. The molecule has 0 aromatic carbocycles. The maximum Gasteiger partial charge on any atom is 0.0408 e. The van der Waals surface area contributed by atoms with Crippen LogP contribution in [-0.2, 0) is 6.42 Å². The van der Waals surface area contributed by atoms with E-state index in [4.69, 9.17) is 0 Å². The minimum atomic E-state index is 1.07. The van der Waals surface area contributed by atoms with Gasteiger partial charge in [-0.1, -0.05) is 13.0 Å². The predicted molar refractivity (Wildman–Crippen MR) is 43.2 cm³/mol. The van der Waals surface area contributed by atoms with Crippen molar-refractivity contribution in [3.05, 3.63) is 24.0 Å². The summed E-state index contributed by atoms with van der Waals surface area (Å²) in [5.41, 5.74) is 1.27. The first-order valence-electron chi connectivity index (χ1n) is 3.25. The largest absolute Gasteiger partial charge is 0.261 e. The van der Waals surface area contributed by atoms with Crippen LogP contribution in [0.4, 0.5) is 0 Å². The normalized spacial score (nSPS) is 9.89. The van der Waals surface area contributed by atoms with Crippen molar-refractivity contribution in [1.82, 2.24) is 4.98 Å². The van der Waals surface area contributed by atoms with Gasteiger partial charge in [0.25, 0.3) is 0 Å². The Labute approximate surface area is 58.6 Å². The van der Waals surface area contributed by atoms with Crippen molar-refractivity contribution in [3.8, 4) is 0 Å². The van der Waals surface area contributed by atoms with Gasteiger partial charge in [-0.3, -0.25) is 4.98 Å². The van der Waals surface area contributed by atoms with Crippen molar-refractivity contribution in [2.75, 3.05) is 0 Å². The Bertz CT molecular complexity index is 198. The SMILES string of the molecule is CCc1ncccc1[SiH3]. The number of hydrogen-bond acceptors (Lipinski definition) is 1. The summed E-state index contributed by atoms with van der Waals surface area (Å²) in [6.45, 7) is 2.14. The van der Waals surface area contributed by atoms with E-state index < -0.39 is 0 Å². The molecule has 0 saturated carbocycles. The van der Waals surface area contributed by atoms with Gasteiger partial charge in [-0.2, -0.15) is 0 Å². The summed E-state index contributed by atoms with van der Waals surface area (Å²) < 4.78 is 0. The van der Waals surface area contributed by atoms with Crippen LogP contribution in [0.3, 0.4) is 0 Å². The van der Waals surface area contributed by atoms with Gasteiger partial charge in [0.15, 0.2) is 0 Å². The van der Waals surface area contributed by atoms with E-state index >= 15 is 0 Å². The molecule has 1 nitrogen and oxygen atoms in total. The van der Waals surface area contributed by atoms with Gasteiger partial charge in [0, 0.05) is 22.1 Å². The minimum Gasteiger partial charge on any atom is -0.261 e. The van der Waals surface area contributed by atoms with Gasteiger partial charge in [-0.15, -0.1) is 0 Å². The first-order valence-corrected chi connectivity index (χ1v) is 4.25. The summed E-state index contributed by atoms with van der Waals surface area (Å²) in [7, 11) is 1.12. The van der Waals surface area contributed by atoms with Crippen LogP contribution in [0.15, 0.2) is 18.3 Å². The van der Waals surface area contributed by atoms with Crippen molar-refractivity contribution in [3.63, 3.8) is 0 Å². The number of rotatable bonds is 1. The van der Waals surface area contributed by atoms with Crippen molar-refractivity contribution in [1.29, 1.82) is 0 Å². The van der Waals surface area contributed by atoms with E-state index in [1.807, 2.05) is 12.3 Å². The lowest BCUT2D eigenvalue weighted by molar-refractivity contribution is 1.05. The van der Waals surface area contributed by atoms with Crippen LogP contribution < -0.4 is 5.19 Å². The third-order valence-electron chi connectivity index (χ3n) is 1.45. The highest BCUT2D eigenvalue weighted by molar-refractivity contribution is 6.33. The van der Waals surface area contributed by atoms with Crippen LogP contribution in [0.2, 0.25) is 0 Å². The highest BCUT2D eigenvalue weighted by atomic mass is 28.1. The number of hydrogen-bond donors (Lipinski definition) is 0. The molecule has 0 fully saturated rings. The third kappa shape index (κ3) is 1.39. The van der Waals surface area contributed by atoms with E-state index in [1.165, 1.54) is 10.9 Å². The second kappa shape index (κ2) is 2.78. The lowest BCUT2D eigenvalue weighted by Gasteiger charge is -1.97. The molecule has 48 valence electrons. The van der Waals surface area contributed by atoms with Gasteiger partial charge in [-0.05, 0) is 17.7 Å². The monoisotopic (exact) mass is 137 g/mol. The lowest BCUT2D eigenvalue weighted by atomic mass is 10.3. The minimum absolute atomic E-state index is 1.07. The standard InChI is InChI=1S/C7H11NSi/c1-2-6-7(9)4-3-5-8-6/h3-5H,2H2,1,9H3. The second-order valence-corrected chi connectivity index (χ2v) is 3.20. The first kappa shape index (κ1) is 6.49. The average Bonchev–Trinajstić information content (AvgIpc) is 1.89. The molecule has 9 heavy (non-hydrogen) atoms. The molecule has 0 spiro atoms. The third-order valence-corrected chi connectivity index (χ3v) is 2.36. The number of nitrogens with zero attached hydrogens (tertiary/aromatic N) is 1. The molecule has 1 heterocycles. The molecule has 0 unspecified atom stereocenters. The summed E-state index contributed by atoms with van der Waals surface area (Å²) >= 11 is 0.